The van der Waals surface area contributed by atoms with Crippen LogP contribution in [-0.4, -0.2) is 49.4 Å². The lowest BCUT2D eigenvalue weighted by Gasteiger charge is -2.21. The number of hydrogen-bond acceptors (Lipinski definition) is 4. The Morgan fingerprint density at radius 2 is 2.29 bits per heavy atom. The predicted octanol–water partition coefficient (Wildman–Crippen LogP) is 2.86. The van der Waals surface area contributed by atoms with Gasteiger partial charge in [-0.2, -0.15) is 0 Å². The molecule has 0 saturated carbocycles. The van der Waals surface area contributed by atoms with Crippen molar-refractivity contribution in [2.45, 2.75) is 32.3 Å². The Labute approximate surface area is 165 Å². The summed E-state index contributed by atoms with van der Waals surface area (Å²) in [5, 5.41) is 7.07. The van der Waals surface area contributed by atoms with Gasteiger partial charge in [-0.15, -0.1) is 24.0 Å². The summed E-state index contributed by atoms with van der Waals surface area (Å²) in [4.78, 5) is 8.69. The minimum Gasteiger partial charge on any atom is -0.476 e. The maximum atomic E-state index is 5.78. The summed E-state index contributed by atoms with van der Waals surface area (Å²) in [6.07, 6.45) is 3.73. The Morgan fingerprint density at radius 1 is 1.46 bits per heavy atom. The van der Waals surface area contributed by atoms with E-state index in [0.29, 0.717) is 30.6 Å². The molecule has 136 valence electrons. The van der Waals surface area contributed by atoms with Crippen LogP contribution in [0.1, 0.15) is 26.7 Å². The van der Waals surface area contributed by atoms with Gasteiger partial charge in [0.2, 0.25) is 5.88 Å². The molecule has 2 heterocycles. The first-order valence-corrected chi connectivity index (χ1v) is 8.39. The molecule has 8 heteroatoms. The zero-order valence-electron chi connectivity index (χ0n) is 14.2. The first-order valence-electron chi connectivity index (χ1n) is 8.02. The molecule has 6 nitrogen and oxygen atoms in total. The van der Waals surface area contributed by atoms with Crippen molar-refractivity contribution in [3.05, 3.63) is 23.4 Å². The van der Waals surface area contributed by atoms with E-state index in [1.807, 2.05) is 6.92 Å². The summed E-state index contributed by atoms with van der Waals surface area (Å²) < 4.78 is 11.3. The number of aliphatic imine (C=N–C) groups is 1. The number of nitrogens with zero attached hydrogens (tertiary/aromatic N) is 2. The number of nitrogens with one attached hydrogen (secondary N) is 2. The van der Waals surface area contributed by atoms with Gasteiger partial charge in [-0.25, -0.2) is 4.98 Å². The monoisotopic (exact) mass is 468 g/mol. The molecule has 0 bridgehead atoms. The number of aromatic nitrogens is 1. The first-order chi connectivity index (χ1) is 11.1. The summed E-state index contributed by atoms with van der Waals surface area (Å²) >= 11 is 5.78. The third-order valence-corrected chi connectivity index (χ3v) is 3.78. The van der Waals surface area contributed by atoms with Crippen molar-refractivity contribution in [3.8, 4) is 5.88 Å². The zero-order chi connectivity index (χ0) is 16.5. The van der Waals surface area contributed by atoms with E-state index in [4.69, 9.17) is 21.1 Å². The van der Waals surface area contributed by atoms with Gasteiger partial charge in [0.05, 0.1) is 23.7 Å². The van der Waals surface area contributed by atoms with Crippen LogP contribution in [0.5, 0.6) is 5.88 Å². The molecule has 1 saturated heterocycles. The average Bonchev–Trinajstić information content (AvgIpc) is 2.98. The Kier molecular flexibility index (Phi) is 9.68. The van der Waals surface area contributed by atoms with Crippen LogP contribution in [0.4, 0.5) is 0 Å². The molecule has 0 aromatic carbocycles. The molecule has 1 aromatic heterocycles. The Balaban J connectivity index is 0.00000288. The van der Waals surface area contributed by atoms with Crippen LogP contribution >= 0.6 is 35.6 Å². The topological polar surface area (TPSA) is 67.8 Å². The minimum absolute atomic E-state index is 0. The lowest BCUT2D eigenvalue weighted by molar-refractivity contribution is 0.0283. The third-order valence-electron chi connectivity index (χ3n) is 3.56. The molecule has 2 N–H and O–H groups in total. The number of guanidine groups is 1. The van der Waals surface area contributed by atoms with Crippen molar-refractivity contribution < 1.29 is 9.47 Å². The van der Waals surface area contributed by atoms with Crippen LogP contribution in [0, 0.1) is 0 Å². The number of pyridine rings is 1. The molecule has 1 aliphatic heterocycles. The van der Waals surface area contributed by atoms with E-state index < -0.39 is 0 Å². The maximum Gasteiger partial charge on any atom is 0.213 e. The molecule has 0 amide bonds. The lowest BCUT2D eigenvalue weighted by atomic mass is 10.0. The van der Waals surface area contributed by atoms with Gasteiger partial charge in [-0.1, -0.05) is 11.6 Å². The van der Waals surface area contributed by atoms with E-state index in [2.05, 4.69) is 27.5 Å². The van der Waals surface area contributed by atoms with Gasteiger partial charge in [0.15, 0.2) is 5.96 Å². The van der Waals surface area contributed by atoms with Crippen LogP contribution in [0.15, 0.2) is 23.3 Å². The SMILES string of the molecule is CCNC(=NCC1(C)CCCO1)NCCOc1ccc(Cl)cn1.I. The van der Waals surface area contributed by atoms with Crippen LogP contribution in [0.25, 0.3) is 0 Å². The normalized spacial score (nSPS) is 20.4. The highest BCUT2D eigenvalue weighted by Crippen LogP contribution is 2.24. The fourth-order valence-corrected chi connectivity index (χ4v) is 2.43. The van der Waals surface area contributed by atoms with Crippen LogP contribution < -0.4 is 15.4 Å². The first kappa shape index (κ1) is 21.2. The summed E-state index contributed by atoms with van der Waals surface area (Å²) in [6.45, 7) is 7.57. The summed E-state index contributed by atoms with van der Waals surface area (Å²) in [5.74, 6) is 1.34. The second-order valence-electron chi connectivity index (χ2n) is 5.69. The number of halogens is 2. The number of rotatable bonds is 7. The third kappa shape index (κ3) is 7.40. The molecule has 1 aromatic rings. The van der Waals surface area contributed by atoms with Crippen LogP contribution in [-0.2, 0) is 4.74 Å². The van der Waals surface area contributed by atoms with Gasteiger partial charge in [0, 0.05) is 25.4 Å². The van der Waals surface area contributed by atoms with Crippen molar-refractivity contribution in [2.75, 3.05) is 32.8 Å². The summed E-state index contributed by atoms with van der Waals surface area (Å²) in [7, 11) is 0. The minimum atomic E-state index is -0.133. The molecule has 2 rings (SSSR count). The second-order valence-corrected chi connectivity index (χ2v) is 6.12. The van der Waals surface area contributed by atoms with Crippen molar-refractivity contribution in [2.24, 2.45) is 4.99 Å². The summed E-state index contributed by atoms with van der Waals surface area (Å²) in [6, 6.07) is 3.50. The number of ether oxygens (including phenoxy) is 2. The highest BCUT2D eigenvalue weighted by atomic mass is 127. The second kappa shape index (κ2) is 10.9. The fourth-order valence-electron chi connectivity index (χ4n) is 2.32. The van der Waals surface area contributed by atoms with Crippen molar-refractivity contribution in [1.29, 1.82) is 0 Å². The molecule has 1 unspecified atom stereocenters. The highest BCUT2D eigenvalue weighted by Gasteiger charge is 2.29. The molecule has 24 heavy (non-hydrogen) atoms. The quantitative estimate of drug-likeness (QED) is 0.279. The lowest BCUT2D eigenvalue weighted by Crippen LogP contribution is -2.40. The standard InChI is InChI=1S/C16H25ClN4O2.HI/c1-3-18-15(21-12-16(2)7-4-9-23-16)19-8-10-22-14-6-5-13(17)11-20-14;/h5-6,11H,3-4,7-10,12H2,1-2H3,(H2,18,19,21);1H. The molecule has 1 atom stereocenters. The molecule has 1 aliphatic rings. The highest BCUT2D eigenvalue weighted by molar-refractivity contribution is 14.0. The average molecular weight is 469 g/mol. The van der Waals surface area contributed by atoms with Gasteiger partial charge in [0.1, 0.15) is 6.61 Å². The van der Waals surface area contributed by atoms with Crippen LogP contribution in [0.2, 0.25) is 5.02 Å². The van der Waals surface area contributed by atoms with E-state index in [0.717, 1.165) is 32.0 Å². The van der Waals surface area contributed by atoms with Gasteiger partial charge in [0.25, 0.3) is 0 Å². The van der Waals surface area contributed by atoms with E-state index >= 15 is 0 Å². The molecular formula is C16H26ClIN4O2. The van der Waals surface area contributed by atoms with E-state index in [1.165, 1.54) is 0 Å². The smallest absolute Gasteiger partial charge is 0.213 e. The van der Waals surface area contributed by atoms with E-state index in [1.54, 1.807) is 18.3 Å². The van der Waals surface area contributed by atoms with E-state index in [9.17, 15) is 0 Å². The molecule has 0 spiro atoms. The molecule has 1 fully saturated rings. The van der Waals surface area contributed by atoms with Crippen molar-refractivity contribution in [3.63, 3.8) is 0 Å². The zero-order valence-corrected chi connectivity index (χ0v) is 17.3. The van der Waals surface area contributed by atoms with Gasteiger partial charge < -0.3 is 20.1 Å². The van der Waals surface area contributed by atoms with Crippen molar-refractivity contribution >= 4 is 41.5 Å². The Morgan fingerprint density at radius 3 is 2.92 bits per heavy atom. The van der Waals surface area contributed by atoms with E-state index in [-0.39, 0.29) is 29.6 Å². The van der Waals surface area contributed by atoms with Gasteiger partial charge in [-0.3, -0.25) is 4.99 Å². The number of hydrogen-bond donors (Lipinski definition) is 2. The van der Waals surface area contributed by atoms with Crippen molar-refractivity contribution in [1.82, 2.24) is 15.6 Å². The summed E-state index contributed by atoms with van der Waals surface area (Å²) in [5.41, 5.74) is -0.133. The molecule has 0 radical (unpaired) electrons. The molecular weight excluding hydrogens is 443 g/mol. The Hall–Kier alpha value is -0.800. The van der Waals surface area contributed by atoms with Gasteiger partial charge >= 0.3 is 0 Å². The molecule has 0 aliphatic carbocycles. The largest absolute Gasteiger partial charge is 0.476 e. The van der Waals surface area contributed by atoms with Gasteiger partial charge in [-0.05, 0) is 32.8 Å². The van der Waals surface area contributed by atoms with Crippen LogP contribution in [0.3, 0.4) is 0 Å². The predicted molar refractivity (Wildman–Crippen MR) is 108 cm³/mol. The maximum absolute atomic E-state index is 5.78. The Bertz CT molecular complexity index is 507. The fraction of sp³-hybridized carbons (Fsp3) is 0.625.